The highest BCUT2D eigenvalue weighted by molar-refractivity contribution is 5.99. The first-order chi connectivity index (χ1) is 15.3. The predicted molar refractivity (Wildman–Crippen MR) is 117 cm³/mol. The number of nitro benzene ring substituents is 1. The van der Waals surface area contributed by atoms with Crippen LogP contribution in [0.4, 0.5) is 5.69 Å². The Balaban J connectivity index is 1.97. The van der Waals surface area contributed by atoms with Crippen LogP contribution in [-0.2, 0) is 25.5 Å². The molecule has 0 amide bonds. The van der Waals surface area contributed by atoms with E-state index in [9.17, 15) is 19.7 Å². The van der Waals surface area contributed by atoms with Crippen molar-refractivity contribution in [3.8, 4) is 0 Å². The Hall–Kier alpha value is -3.94. The molecule has 2 aromatic rings. The van der Waals surface area contributed by atoms with Crippen LogP contribution in [0.1, 0.15) is 30.9 Å². The number of dihydropyridines is 1. The molecule has 0 aliphatic carbocycles. The number of nitrogens with zero attached hydrogens (tertiary/aromatic N) is 1. The Morgan fingerprint density at radius 1 is 1.00 bits per heavy atom. The van der Waals surface area contributed by atoms with Gasteiger partial charge >= 0.3 is 11.9 Å². The minimum absolute atomic E-state index is 0.141. The van der Waals surface area contributed by atoms with Gasteiger partial charge in [-0.1, -0.05) is 42.5 Å². The number of hydrogen-bond acceptors (Lipinski definition) is 7. The minimum Gasteiger partial charge on any atom is -0.466 e. The minimum atomic E-state index is -0.868. The van der Waals surface area contributed by atoms with E-state index in [-0.39, 0.29) is 23.4 Å². The van der Waals surface area contributed by atoms with Gasteiger partial charge in [0.25, 0.3) is 5.69 Å². The van der Waals surface area contributed by atoms with Crippen LogP contribution in [-0.4, -0.2) is 30.6 Å². The largest absolute Gasteiger partial charge is 0.466 e. The SMILES string of the molecule is COC(=O)C1=C(C)NC(C)=C(C(=O)OCCc2ccccc2)C1c1cccc([N+](=O)[O-])c1. The van der Waals surface area contributed by atoms with Crippen LogP contribution in [0.2, 0.25) is 0 Å². The number of allylic oxidation sites excluding steroid dienone is 2. The molecule has 0 bridgehead atoms. The highest BCUT2D eigenvalue weighted by Crippen LogP contribution is 2.40. The molecule has 1 N–H and O–H groups in total. The number of hydrogen-bond donors (Lipinski definition) is 1. The maximum absolute atomic E-state index is 13.1. The van der Waals surface area contributed by atoms with Crippen molar-refractivity contribution in [2.75, 3.05) is 13.7 Å². The first kappa shape index (κ1) is 22.7. The highest BCUT2D eigenvalue weighted by Gasteiger charge is 2.38. The molecule has 3 rings (SSSR count). The third-order valence-corrected chi connectivity index (χ3v) is 5.27. The molecule has 2 aromatic carbocycles. The molecule has 166 valence electrons. The highest BCUT2D eigenvalue weighted by atomic mass is 16.6. The fourth-order valence-corrected chi connectivity index (χ4v) is 3.78. The molecule has 8 heteroatoms. The van der Waals surface area contributed by atoms with Gasteiger partial charge in [0.2, 0.25) is 0 Å². The fraction of sp³-hybridized carbons (Fsp3) is 0.250. The molecule has 32 heavy (non-hydrogen) atoms. The zero-order valence-corrected chi connectivity index (χ0v) is 18.1. The van der Waals surface area contributed by atoms with Crippen molar-refractivity contribution in [1.29, 1.82) is 0 Å². The summed E-state index contributed by atoms with van der Waals surface area (Å²) < 4.78 is 10.5. The second-order valence-corrected chi connectivity index (χ2v) is 7.35. The third kappa shape index (κ3) is 4.85. The van der Waals surface area contributed by atoms with Crippen molar-refractivity contribution >= 4 is 17.6 Å². The lowest BCUT2D eigenvalue weighted by atomic mass is 9.80. The zero-order valence-electron chi connectivity index (χ0n) is 18.1. The maximum Gasteiger partial charge on any atom is 0.336 e. The van der Waals surface area contributed by atoms with Crippen LogP contribution < -0.4 is 5.32 Å². The molecule has 0 saturated heterocycles. The van der Waals surface area contributed by atoms with Gasteiger partial charge in [-0.15, -0.1) is 0 Å². The van der Waals surface area contributed by atoms with Gasteiger partial charge in [-0.3, -0.25) is 10.1 Å². The van der Waals surface area contributed by atoms with E-state index in [1.54, 1.807) is 19.9 Å². The van der Waals surface area contributed by atoms with E-state index < -0.39 is 22.8 Å². The molecule has 0 saturated carbocycles. The van der Waals surface area contributed by atoms with Crippen LogP contribution in [0.15, 0.2) is 77.1 Å². The Bertz CT molecular complexity index is 1100. The van der Waals surface area contributed by atoms with Gasteiger partial charge in [-0.25, -0.2) is 9.59 Å². The Morgan fingerprint density at radius 2 is 1.66 bits per heavy atom. The maximum atomic E-state index is 13.1. The summed E-state index contributed by atoms with van der Waals surface area (Å²) in [4.78, 5) is 36.6. The molecule has 1 atom stereocenters. The number of nitro groups is 1. The topological polar surface area (TPSA) is 108 Å². The summed E-state index contributed by atoms with van der Waals surface area (Å²) >= 11 is 0. The molecule has 0 radical (unpaired) electrons. The van der Waals surface area contributed by atoms with Crippen molar-refractivity contribution in [3.63, 3.8) is 0 Å². The smallest absolute Gasteiger partial charge is 0.336 e. The molecular formula is C24H24N2O6. The van der Waals surface area contributed by atoms with E-state index in [2.05, 4.69) is 5.32 Å². The molecule has 1 aliphatic rings. The normalized spacial score (nSPS) is 15.8. The summed E-state index contributed by atoms with van der Waals surface area (Å²) in [5.41, 5.74) is 2.74. The number of esters is 2. The Morgan fingerprint density at radius 3 is 2.28 bits per heavy atom. The molecule has 1 heterocycles. The van der Waals surface area contributed by atoms with Gasteiger partial charge < -0.3 is 14.8 Å². The number of ether oxygens (including phenoxy) is 2. The summed E-state index contributed by atoms with van der Waals surface area (Å²) in [7, 11) is 1.25. The second-order valence-electron chi connectivity index (χ2n) is 7.35. The van der Waals surface area contributed by atoms with Crippen LogP contribution in [0.3, 0.4) is 0 Å². The summed E-state index contributed by atoms with van der Waals surface area (Å²) in [6.07, 6.45) is 0.534. The van der Waals surface area contributed by atoms with Crippen molar-refractivity contribution in [3.05, 3.63) is 98.4 Å². The summed E-state index contributed by atoms with van der Waals surface area (Å²) in [5.74, 6) is -2.10. The number of methoxy groups -OCH3 is 1. The first-order valence-electron chi connectivity index (χ1n) is 10.1. The molecule has 1 unspecified atom stereocenters. The van der Waals surface area contributed by atoms with Crippen molar-refractivity contribution in [1.82, 2.24) is 5.32 Å². The summed E-state index contributed by atoms with van der Waals surface area (Å²) in [6, 6.07) is 15.5. The molecule has 1 aliphatic heterocycles. The van der Waals surface area contributed by atoms with Gasteiger partial charge in [0.1, 0.15) is 0 Å². The monoisotopic (exact) mass is 436 g/mol. The molecule has 0 aromatic heterocycles. The van der Waals surface area contributed by atoms with E-state index in [0.29, 0.717) is 23.4 Å². The van der Waals surface area contributed by atoms with Gasteiger partial charge in [-0.05, 0) is 25.0 Å². The second kappa shape index (κ2) is 9.91. The molecular weight excluding hydrogens is 412 g/mol. The average Bonchev–Trinajstić information content (AvgIpc) is 2.78. The number of carbonyl (C=O) groups is 2. The number of rotatable bonds is 7. The summed E-state index contributed by atoms with van der Waals surface area (Å²) in [5, 5.41) is 14.4. The number of carbonyl (C=O) groups excluding carboxylic acids is 2. The zero-order chi connectivity index (χ0) is 23.3. The standard InChI is InChI=1S/C24H24N2O6/c1-15-20(23(27)31-3)22(18-10-7-11-19(14-18)26(29)30)21(16(2)25-15)24(28)32-13-12-17-8-5-4-6-9-17/h4-11,14,22,25H,12-13H2,1-3H3. The average molecular weight is 436 g/mol. The Labute approximate surface area is 185 Å². The molecule has 0 spiro atoms. The Kier molecular flexibility index (Phi) is 7.04. The molecule has 0 fully saturated rings. The van der Waals surface area contributed by atoms with Crippen molar-refractivity contribution in [2.45, 2.75) is 26.2 Å². The quantitative estimate of drug-likeness (QED) is 0.400. The van der Waals surface area contributed by atoms with Crippen molar-refractivity contribution < 1.29 is 24.0 Å². The fourth-order valence-electron chi connectivity index (χ4n) is 3.78. The van der Waals surface area contributed by atoms with E-state index in [1.807, 2.05) is 30.3 Å². The first-order valence-corrected chi connectivity index (χ1v) is 10.1. The lowest BCUT2D eigenvalue weighted by Gasteiger charge is -2.30. The lowest BCUT2D eigenvalue weighted by molar-refractivity contribution is -0.384. The van der Waals surface area contributed by atoms with Gasteiger partial charge in [-0.2, -0.15) is 0 Å². The predicted octanol–water partition coefficient (Wildman–Crippen LogP) is 3.79. The van der Waals surface area contributed by atoms with Crippen LogP contribution >= 0.6 is 0 Å². The molecule has 8 nitrogen and oxygen atoms in total. The van der Waals surface area contributed by atoms with Gasteiger partial charge in [0.05, 0.1) is 35.7 Å². The van der Waals surface area contributed by atoms with Crippen LogP contribution in [0.25, 0.3) is 0 Å². The van der Waals surface area contributed by atoms with Gasteiger partial charge in [0, 0.05) is 29.9 Å². The lowest BCUT2D eigenvalue weighted by Crippen LogP contribution is -2.32. The van der Waals surface area contributed by atoms with E-state index in [4.69, 9.17) is 9.47 Å². The number of nitrogens with one attached hydrogen (secondary N) is 1. The van der Waals surface area contributed by atoms with E-state index in [1.165, 1.54) is 25.3 Å². The van der Waals surface area contributed by atoms with E-state index >= 15 is 0 Å². The third-order valence-electron chi connectivity index (χ3n) is 5.27. The van der Waals surface area contributed by atoms with Gasteiger partial charge in [0.15, 0.2) is 0 Å². The number of non-ortho nitro benzene ring substituents is 1. The number of benzene rings is 2. The van der Waals surface area contributed by atoms with Crippen molar-refractivity contribution in [2.24, 2.45) is 0 Å². The van der Waals surface area contributed by atoms with E-state index in [0.717, 1.165) is 5.56 Å². The van der Waals surface area contributed by atoms with Crippen LogP contribution in [0.5, 0.6) is 0 Å². The summed E-state index contributed by atoms with van der Waals surface area (Å²) in [6.45, 7) is 3.55. The van der Waals surface area contributed by atoms with Crippen LogP contribution in [0, 0.1) is 10.1 Å².